The van der Waals surface area contributed by atoms with E-state index in [0.717, 1.165) is 16.3 Å². The minimum absolute atomic E-state index is 0.0548. The van der Waals surface area contributed by atoms with Crippen LogP contribution in [0.2, 0.25) is 5.02 Å². The van der Waals surface area contributed by atoms with E-state index in [1.807, 2.05) is 0 Å². The first-order valence-electron chi connectivity index (χ1n) is 5.36. The van der Waals surface area contributed by atoms with Crippen LogP contribution in [0.4, 0.5) is 0 Å². The van der Waals surface area contributed by atoms with Gasteiger partial charge < -0.3 is 5.32 Å². The third-order valence-electron chi connectivity index (χ3n) is 3.04. The van der Waals surface area contributed by atoms with Crippen molar-refractivity contribution >= 4 is 49.4 Å². The maximum Gasteiger partial charge on any atom is 0.252 e. The van der Waals surface area contributed by atoms with Gasteiger partial charge in [0, 0.05) is 21.4 Å². The zero-order valence-electron chi connectivity index (χ0n) is 9.10. The fraction of sp³-hybridized carbons (Fsp3) is 0.417. The van der Waals surface area contributed by atoms with Crippen LogP contribution in [0.15, 0.2) is 22.7 Å². The van der Waals surface area contributed by atoms with E-state index in [9.17, 15) is 4.79 Å². The van der Waals surface area contributed by atoms with Gasteiger partial charge in [-0.1, -0.05) is 27.5 Å². The summed E-state index contributed by atoms with van der Waals surface area (Å²) >= 11 is 12.7. The Morgan fingerprint density at radius 2 is 2.18 bits per heavy atom. The van der Waals surface area contributed by atoms with Gasteiger partial charge in [-0.2, -0.15) is 0 Å². The number of rotatable bonds is 4. The first kappa shape index (κ1) is 13.4. The zero-order valence-corrected chi connectivity index (χ0v) is 13.0. The van der Waals surface area contributed by atoms with Crippen molar-refractivity contribution in [2.75, 3.05) is 11.9 Å². The van der Waals surface area contributed by atoms with E-state index in [1.54, 1.807) is 18.2 Å². The minimum atomic E-state index is -0.0548. The molecule has 0 spiro atoms. The van der Waals surface area contributed by atoms with E-state index >= 15 is 0 Å². The van der Waals surface area contributed by atoms with Gasteiger partial charge in [0.1, 0.15) is 0 Å². The minimum Gasteiger partial charge on any atom is -0.351 e. The Balaban J connectivity index is 2.00. The summed E-state index contributed by atoms with van der Waals surface area (Å²) in [5.41, 5.74) is 0.911. The molecule has 1 saturated carbocycles. The van der Waals surface area contributed by atoms with Crippen molar-refractivity contribution in [2.45, 2.75) is 12.8 Å². The van der Waals surface area contributed by atoms with Crippen LogP contribution in [0, 0.1) is 5.41 Å². The second-order valence-corrected chi connectivity index (χ2v) is 6.29. The second kappa shape index (κ2) is 5.29. The van der Waals surface area contributed by atoms with Gasteiger partial charge in [-0.3, -0.25) is 4.79 Å². The predicted molar refractivity (Wildman–Crippen MR) is 76.9 cm³/mol. The Morgan fingerprint density at radius 1 is 1.47 bits per heavy atom. The van der Waals surface area contributed by atoms with Gasteiger partial charge >= 0.3 is 0 Å². The molecule has 0 bridgehead atoms. The Labute approximate surface area is 122 Å². The Bertz CT molecular complexity index is 446. The molecule has 0 heterocycles. The highest BCUT2D eigenvalue weighted by molar-refractivity contribution is 9.10. The van der Waals surface area contributed by atoms with E-state index in [4.69, 9.17) is 11.6 Å². The number of amides is 1. The molecule has 1 aliphatic carbocycles. The molecule has 1 N–H and O–H groups in total. The number of carbonyl (C=O) groups is 1. The highest BCUT2D eigenvalue weighted by Gasteiger charge is 2.41. The molecular formula is C12H12Br2ClNO. The fourth-order valence-electron chi connectivity index (χ4n) is 1.57. The molecule has 0 unspecified atom stereocenters. The SMILES string of the molecule is O=C(NCC1(CBr)CC1)c1ccc(Cl)cc1Br. The van der Waals surface area contributed by atoms with Crippen LogP contribution >= 0.6 is 43.5 Å². The van der Waals surface area contributed by atoms with Crippen LogP contribution in [-0.4, -0.2) is 17.8 Å². The molecular weight excluding hydrogens is 369 g/mol. The van der Waals surface area contributed by atoms with Crippen LogP contribution in [0.5, 0.6) is 0 Å². The molecule has 0 aliphatic heterocycles. The smallest absolute Gasteiger partial charge is 0.252 e. The van der Waals surface area contributed by atoms with Gasteiger partial charge in [-0.25, -0.2) is 0 Å². The molecule has 0 radical (unpaired) electrons. The number of nitrogens with one attached hydrogen (secondary N) is 1. The van der Waals surface area contributed by atoms with Gasteiger partial charge in [-0.15, -0.1) is 0 Å². The predicted octanol–water partition coefficient (Wildman–Crippen LogP) is 4.01. The summed E-state index contributed by atoms with van der Waals surface area (Å²) in [6.45, 7) is 0.728. The molecule has 17 heavy (non-hydrogen) atoms. The standard InChI is InChI=1S/C12H12Br2ClNO/c13-6-12(3-4-12)7-16-11(17)9-2-1-8(15)5-10(9)14/h1-2,5H,3-4,6-7H2,(H,16,17). The summed E-state index contributed by atoms with van der Waals surface area (Å²) in [4.78, 5) is 12.0. The fourth-order valence-corrected chi connectivity index (χ4v) is 3.19. The normalized spacial score (nSPS) is 16.6. The van der Waals surface area contributed by atoms with Crippen molar-refractivity contribution < 1.29 is 4.79 Å². The number of hydrogen-bond donors (Lipinski definition) is 1. The number of alkyl halides is 1. The summed E-state index contributed by atoms with van der Waals surface area (Å²) < 4.78 is 0.728. The van der Waals surface area contributed by atoms with Crippen LogP contribution in [0.1, 0.15) is 23.2 Å². The van der Waals surface area contributed by atoms with E-state index in [1.165, 1.54) is 12.8 Å². The topological polar surface area (TPSA) is 29.1 Å². The van der Waals surface area contributed by atoms with Gasteiger partial charge in [0.25, 0.3) is 5.91 Å². The molecule has 1 amide bonds. The molecule has 2 rings (SSSR count). The quantitative estimate of drug-likeness (QED) is 0.785. The van der Waals surface area contributed by atoms with Crippen molar-refractivity contribution in [1.82, 2.24) is 5.32 Å². The van der Waals surface area contributed by atoms with Crippen molar-refractivity contribution in [3.05, 3.63) is 33.3 Å². The average Bonchev–Trinajstić information content (AvgIpc) is 3.07. The molecule has 2 nitrogen and oxygen atoms in total. The Kier molecular flexibility index (Phi) is 4.16. The summed E-state index contributed by atoms with van der Waals surface area (Å²) in [5, 5.41) is 4.54. The summed E-state index contributed by atoms with van der Waals surface area (Å²) in [6.07, 6.45) is 2.36. The van der Waals surface area contributed by atoms with Crippen LogP contribution in [0.3, 0.4) is 0 Å². The van der Waals surface area contributed by atoms with Crippen molar-refractivity contribution in [1.29, 1.82) is 0 Å². The third-order valence-corrected chi connectivity index (χ3v) is 5.12. The molecule has 1 fully saturated rings. The molecule has 92 valence electrons. The monoisotopic (exact) mass is 379 g/mol. The second-order valence-electron chi connectivity index (χ2n) is 4.44. The molecule has 0 atom stereocenters. The van der Waals surface area contributed by atoms with Gasteiger partial charge in [0.15, 0.2) is 0 Å². The third kappa shape index (κ3) is 3.24. The molecule has 1 aliphatic rings. The van der Waals surface area contributed by atoms with Crippen molar-refractivity contribution in [2.24, 2.45) is 5.41 Å². The largest absolute Gasteiger partial charge is 0.351 e. The molecule has 1 aromatic carbocycles. The van der Waals surface area contributed by atoms with Crippen LogP contribution in [-0.2, 0) is 0 Å². The van der Waals surface area contributed by atoms with Gasteiger partial charge in [-0.05, 0) is 52.4 Å². The van der Waals surface area contributed by atoms with Gasteiger partial charge in [0.2, 0.25) is 0 Å². The Hall–Kier alpha value is -0.0600. The lowest BCUT2D eigenvalue weighted by Crippen LogP contribution is -2.31. The van der Waals surface area contributed by atoms with Gasteiger partial charge in [0.05, 0.1) is 5.56 Å². The van der Waals surface area contributed by atoms with E-state index < -0.39 is 0 Å². The van der Waals surface area contributed by atoms with Crippen LogP contribution in [0.25, 0.3) is 0 Å². The van der Waals surface area contributed by atoms with Crippen LogP contribution < -0.4 is 5.32 Å². The van der Waals surface area contributed by atoms with Crippen molar-refractivity contribution in [3.63, 3.8) is 0 Å². The van der Waals surface area contributed by atoms with Crippen molar-refractivity contribution in [3.8, 4) is 0 Å². The molecule has 5 heteroatoms. The summed E-state index contributed by atoms with van der Waals surface area (Å²) in [7, 11) is 0. The molecule has 1 aromatic rings. The maximum atomic E-state index is 12.0. The number of halogens is 3. The van der Waals surface area contributed by atoms with E-state index in [0.29, 0.717) is 10.6 Å². The Morgan fingerprint density at radius 3 is 2.71 bits per heavy atom. The first-order chi connectivity index (χ1) is 8.06. The highest BCUT2D eigenvalue weighted by atomic mass is 79.9. The summed E-state index contributed by atoms with van der Waals surface area (Å²) in [5.74, 6) is -0.0548. The summed E-state index contributed by atoms with van der Waals surface area (Å²) in [6, 6.07) is 5.18. The lowest BCUT2D eigenvalue weighted by Gasteiger charge is -2.13. The lowest BCUT2D eigenvalue weighted by atomic mass is 10.1. The average molecular weight is 381 g/mol. The number of hydrogen-bond acceptors (Lipinski definition) is 1. The highest BCUT2D eigenvalue weighted by Crippen LogP contribution is 2.46. The molecule has 0 aromatic heterocycles. The number of carbonyl (C=O) groups excluding carboxylic acids is 1. The first-order valence-corrected chi connectivity index (χ1v) is 7.65. The van der Waals surface area contributed by atoms with E-state index in [-0.39, 0.29) is 11.3 Å². The number of benzene rings is 1. The lowest BCUT2D eigenvalue weighted by molar-refractivity contribution is 0.0946. The zero-order chi connectivity index (χ0) is 12.5. The molecule has 0 saturated heterocycles. The van der Waals surface area contributed by atoms with E-state index in [2.05, 4.69) is 37.2 Å². The maximum absolute atomic E-state index is 12.0.